The van der Waals surface area contributed by atoms with Crippen LogP contribution in [0.5, 0.6) is 11.5 Å². The summed E-state index contributed by atoms with van der Waals surface area (Å²) in [5.74, 6) is -0.235. The van der Waals surface area contributed by atoms with Crippen LogP contribution in [0.15, 0.2) is 16.6 Å². The largest absolute Gasteiger partial charge is 0.495 e. The minimum Gasteiger partial charge on any atom is -0.495 e. The fourth-order valence-electron chi connectivity index (χ4n) is 1.90. The van der Waals surface area contributed by atoms with Crippen molar-refractivity contribution in [2.75, 3.05) is 27.8 Å². The number of amides is 1. The summed E-state index contributed by atoms with van der Waals surface area (Å²) >= 11 is 3.31. The number of rotatable bonds is 7. The van der Waals surface area contributed by atoms with Gasteiger partial charge in [0, 0.05) is 13.6 Å². The van der Waals surface area contributed by atoms with E-state index in [0.717, 1.165) is 0 Å². The monoisotopic (exact) mass is 398 g/mol. The summed E-state index contributed by atoms with van der Waals surface area (Å²) in [7, 11) is 4.48. The smallest absolute Gasteiger partial charge is 0.339 e. The van der Waals surface area contributed by atoms with E-state index in [9.17, 15) is 9.59 Å². The van der Waals surface area contributed by atoms with Crippen LogP contribution in [0.3, 0.4) is 0 Å². The highest BCUT2D eigenvalue weighted by Gasteiger charge is 2.23. The van der Waals surface area contributed by atoms with Crippen LogP contribution in [0.4, 0.5) is 0 Å². The molecule has 0 aliphatic rings. The number of benzene rings is 1. The van der Waals surface area contributed by atoms with E-state index in [2.05, 4.69) is 15.9 Å². The van der Waals surface area contributed by atoms with Crippen molar-refractivity contribution in [1.29, 1.82) is 5.26 Å². The van der Waals surface area contributed by atoms with E-state index in [1.807, 2.05) is 6.07 Å². The quantitative estimate of drug-likeness (QED) is 0.655. The van der Waals surface area contributed by atoms with E-state index in [1.54, 1.807) is 7.05 Å². The molecule has 1 atom stereocenters. The van der Waals surface area contributed by atoms with Crippen LogP contribution < -0.4 is 9.47 Å². The summed E-state index contributed by atoms with van der Waals surface area (Å²) in [6.45, 7) is 1.76. The van der Waals surface area contributed by atoms with Crippen molar-refractivity contribution in [3.8, 4) is 17.6 Å². The van der Waals surface area contributed by atoms with Crippen LogP contribution in [0.25, 0.3) is 0 Å². The number of hydrogen-bond donors (Lipinski definition) is 0. The Labute approximate surface area is 149 Å². The second-order valence-corrected chi connectivity index (χ2v) is 5.70. The third kappa shape index (κ3) is 4.86. The number of methoxy groups -OCH3 is 2. The maximum Gasteiger partial charge on any atom is 0.339 e. The lowest BCUT2D eigenvalue weighted by Gasteiger charge is -2.20. The van der Waals surface area contributed by atoms with Gasteiger partial charge in [-0.1, -0.05) is 0 Å². The van der Waals surface area contributed by atoms with Gasteiger partial charge in [0.1, 0.15) is 16.0 Å². The standard InChI is InChI=1S/C16H19BrN2O5/c1-10(15(20)19(2)7-5-6-18)24-16(21)11-8-12(22-3)14(17)13(9-11)23-4/h8-10H,5,7H2,1-4H3/t10-/m1/s1. The Bertz CT molecular complexity index is 631. The van der Waals surface area contributed by atoms with Gasteiger partial charge in [0.2, 0.25) is 0 Å². The van der Waals surface area contributed by atoms with Crippen molar-refractivity contribution in [2.24, 2.45) is 0 Å². The molecule has 0 heterocycles. The van der Waals surface area contributed by atoms with Crippen molar-refractivity contribution < 1.29 is 23.8 Å². The molecule has 0 aromatic heterocycles. The summed E-state index contributed by atoms with van der Waals surface area (Å²) in [6, 6.07) is 4.94. The summed E-state index contributed by atoms with van der Waals surface area (Å²) in [4.78, 5) is 25.7. The average molecular weight is 399 g/mol. The second kappa shape index (κ2) is 9.13. The SMILES string of the molecule is COc1cc(C(=O)O[C@H](C)C(=O)N(C)CCC#N)cc(OC)c1Br. The number of carbonyl (C=O) groups excluding carboxylic acids is 2. The number of nitriles is 1. The van der Waals surface area contributed by atoms with Crippen LogP contribution in [-0.4, -0.2) is 50.7 Å². The number of esters is 1. The van der Waals surface area contributed by atoms with Crippen LogP contribution >= 0.6 is 15.9 Å². The zero-order chi connectivity index (χ0) is 18.3. The van der Waals surface area contributed by atoms with Crippen molar-refractivity contribution in [3.05, 3.63) is 22.2 Å². The van der Waals surface area contributed by atoms with Gasteiger partial charge in [0.05, 0.1) is 32.3 Å². The summed E-state index contributed by atoms with van der Waals surface area (Å²) < 4.78 is 16.1. The first-order valence-corrected chi connectivity index (χ1v) is 7.89. The molecule has 8 heteroatoms. The fraction of sp³-hybridized carbons (Fsp3) is 0.438. The normalized spacial score (nSPS) is 11.2. The number of carbonyl (C=O) groups is 2. The summed E-state index contributed by atoms with van der Waals surface area (Å²) in [5, 5.41) is 8.55. The molecule has 1 rings (SSSR count). The molecule has 1 aromatic carbocycles. The van der Waals surface area contributed by atoms with Gasteiger partial charge >= 0.3 is 5.97 Å². The molecule has 24 heavy (non-hydrogen) atoms. The van der Waals surface area contributed by atoms with E-state index in [1.165, 1.54) is 38.2 Å². The Morgan fingerprint density at radius 3 is 2.29 bits per heavy atom. The Hall–Kier alpha value is -2.27. The van der Waals surface area contributed by atoms with Gasteiger partial charge in [-0.25, -0.2) is 4.79 Å². The zero-order valence-electron chi connectivity index (χ0n) is 14.0. The first-order chi connectivity index (χ1) is 11.3. The van der Waals surface area contributed by atoms with E-state index < -0.39 is 12.1 Å². The van der Waals surface area contributed by atoms with Gasteiger partial charge in [0.25, 0.3) is 5.91 Å². The molecule has 0 saturated carbocycles. The molecule has 7 nitrogen and oxygen atoms in total. The topological polar surface area (TPSA) is 88.9 Å². The highest BCUT2D eigenvalue weighted by Crippen LogP contribution is 2.35. The predicted molar refractivity (Wildman–Crippen MR) is 90.0 cm³/mol. The average Bonchev–Trinajstić information content (AvgIpc) is 2.58. The van der Waals surface area contributed by atoms with E-state index in [4.69, 9.17) is 19.5 Å². The molecule has 130 valence electrons. The Kier molecular flexibility index (Phi) is 7.52. The van der Waals surface area contributed by atoms with Crippen LogP contribution in [-0.2, 0) is 9.53 Å². The minimum atomic E-state index is -0.971. The molecular weight excluding hydrogens is 380 g/mol. The first kappa shape index (κ1) is 19.8. The number of likely N-dealkylation sites (N-methyl/N-ethyl adjacent to an activating group) is 1. The number of ether oxygens (including phenoxy) is 3. The maximum atomic E-state index is 12.3. The molecule has 0 bridgehead atoms. The predicted octanol–water partition coefficient (Wildman–Crippen LogP) is 2.38. The van der Waals surface area contributed by atoms with Crippen LogP contribution in [0.2, 0.25) is 0 Å². The molecule has 0 spiro atoms. The Morgan fingerprint density at radius 2 is 1.83 bits per heavy atom. The maximum absolute atomic E-state index is 12.3. The van der Waals surface area contributed by atoms with Gasteiger partial charge in [-0.05, 0) is 35.0 Å². The second-order valence-electron chi connectivity index (χ2n) is 4.91. The Balaban J connectivity index is 2.88. The zero-order valence-corrected chi connectivity index (χ0v) is 15.5. The molecule has 0 saturated heterocycles. The molecule has 1 aromatic rings. The summed E-state index contributed by atoms with van der Waals surface area (Å²) in [5.41, 5.74) is 0.200. The van der Waals surface area contributed by atoms with Gasteiger partial charge in [0.15, 0.2) is 6.10 Å². The summed E-state index contributed by atoms with van der Waals surface area (Å²) in [6.07, 6.45) is -0.758. The number of hydrogen-bond acceptors (Lipinski definition) is 6. The van der Waals surface area contributed by atoms with Gasteiger partial charge < -0.3 is 19.1 Å². The molecule has 0 fully saturated rings. The molecule has 0 radical (unpaired) electrons. The lowest BCUT2D eigenvalue weighted by molar-refractivity contribution is -0.138. The Morgan fingerprint density at radius 1 is 1.29 bits per heavy atom. The number of nitrogens with zero attached hydrogens (tertiary/aromatic N) is 2. The third-order valence-electron chi connectivity index (χ3n) is 3.25. The van der Waals surface area contributed by atoms with Gasteiger partial charge in [-0.2, -0.15) is 5.26 Å². The fourth-order valence-corrected chi connectivity index (χ4v) is 2.46. The number of halogens is 1. The highest BCUT2D eigenvalue weighted by atomic mass is 79.9. The van der Waals surface area contributed by atoms with Crippen molar-refractivity contribution in [2.45, 2.75) is 19.4 Å². The van der Waals surface area contributed by atoms with Crippen molar-refractivity contribution >= 4 is 27.8 Å². The van der Waals surface area contributed by atoms with E-state index in [-0.39, 0.29) is 24.4 Å². The van der Waals surface area contributed by atoms with E-state index in [0.29, 0.717) is 16.0 Å². The first-order valence-electron chi connectivity index (χ1n) is 7.10. The lowest BCUT2D eigenvalue weighted by atomic mass is 10.2. The molecular formula is C16H19BrN2O5. The highest BCUT2D eigenvalue weighted by molar-refractivity contribution is 9.10. The molecule has 0 unspecified atom stereocenters. The molecule has 0 N–H and O–H groups in total. The van der Waals surface area contributed by atoms with E-state index >= 15 is 0 Å². The van der Waals surface area contributed by atoms with Crippen LogP contribution in [0, 0.1) is 11.3 Å². The van der Waals surface area contributed by atoms with Gasteiger partial charge in [-0.15, -0.1) is 0 Å². The van der Waals surface area contributed by atoms with Crippen LogP contribution in [0.1, 0.15) is 23.7 Å². The molecule has 0 aliphatic carbocycles. The lowest BCUT2D eigenvalue weighted by Crippen LogP contribution is -2.37. The van der Waals surface area contributed by atoms with Crippen molar-refractivity contribution in [1.82, 2.24) is 4.90 Å². The minimum absolute atomic E-state index is 0.200. The molecule has 1 amide bonds. The third-order valence-corrected chi connectivity index (χ3v) is 4.03. The molecule has 0 aliphatic heterocycles. The van der Waals surface area contributed by atoms with Gasteiger partial charge in [-0.3, -0.25) is 4.79 Å². The van der Waals surface area contributed by atoms with Crippen molar-refractivity contribution in [3.63, 3.8) is 0 Å².